The first-order valence-electron chi connectivity index (χ1n) is 7.23. The molecule has 0 spiro atoms. The maximum absolute atomic E-state index is 12.2. The zero-order valence-electron chi connectivity index (χ0n) is 13.7. The summed E-state index contributed by atoms with van der Waals surface area (Å²) >= 11 is 1.26. The van der Waals surface area contributed by atoms with Gasteiger partial charge in [0.25, 0.3) is 0 Å². The molecule has 0 saturated carbocycles. The van der Waals surface area contributed by atoms with Crippen molar-refractivity contribution < 1.29 is 14.3 Å². The highest BCUT2D eigenvalue weighted by Gasteiger charge is 2.17. The van der Waals surface area contributed by atoms with Gasteiger partial charge in [-0.1, -0.05) is 25.2 Å². The fourth-order valence-electron chi connectivity index (χ4n) is 2.09. The van der Waals surface area contributed by atoms with Crippen molar-refractivity contribution in [1.29, 1.82) is 0 Å². The minimum Gasteiger partial charge on any atom is -0.493 e. The van der Waals surface area contributed by atoms with Gasteiger partial charge in [0.1, 0.15) is 10.7 Å². The Bertz CT molecular complexity index is 698. The van der Waals surface area contributed by atoms with Crippen molar-refractivity contribution in [2.75, 3.05) is 25.3 Å². The van der Waals surface area contributed by atoms with Crippen LogP contribution in [0.2, 0.25) is 0 Å². The lowest BCUT2D eigenvalue weighted by Gasteiger charge is -2.09. The van der Waals surface area contributed by atoms with Crippen LogP contribution < -0.4 is 20.5 Å². The molecule has 0 bridgehead atoms. The second kappa shape index (κ2) is 7.32. The van der Waals surface area contributed by atoms with Crippen LogP contribution in [0.15, 0.2) is 18.2 Å². The van der Waals surface area contributed by atoms with Gasteiger partial charge in [-0.2, -0.15) is 0 Å². The lowest BCUT2D eigenvalue weighted by atomic mass is 10.1. The van der Waals surface area contributed by atoms with Crippen LogP contribution >= 0.6 is 11.3 Å². The number of thiazole rings is 1. The van der Waals surface area contributed by atoms with E-state index in [1.54, 1.807) is 26.4 Å². The average Bonchev–Trinajstić information content (AvgIpc) is 2.87. The minimum absolute atomic E-state index is 0.0235. The summed E-state index contributed by atoms with van der Waals surface area (Å²) in [6, 6.07) is 5.43. The van der Waals surface area contributed by atoms with Crippen LogP contribution in [0.3, 0.4) is 0 Å². The minimum atomic E-state index is 0.0235. The number of nitrogens with one attached hydrogen (secondary N) is 1. The molecule has 1 aromatic heterocycles. The molecule has 0 amide bonds. The standard InChI is InChI=1S/C16H21N3O3S/c1-9(2)7-11(20)14-15(17)19-16(23-14)18-10-5-6-12(21-3)13(8-10)22-4/h5-6,8-9H,7,17H2,1-4H3,(H,18,19). The van der Waals surface area contributed by atoms with E-state index >= 15 is 0 Å². The Kier molecular flexibility index (Phi) is 5.44. The van der Waals surface area contributed by atoms with Crippen molar-refractivity contribution in [2.45, 2.75) is 20.3 Å². The Balaban J connectivity index is 2.19. The van der Waals surface area contributed by atoms with Gasteiger partial charge in [-0.15, -0.1) is 0 Å². The molecule has 0 atom stereocenters. The van der Waals surface area contributed by atoms with Crippen LogP contribution in [-0.2, 0) is 0 Å². The number of Topliss-reactive ketones (excluding diaryl/α,β-unsaturated/α-hetero) is 1. The second-order valence-corrected chi connectivity index (χ2v) is 6.45. The second-order valence-electron chi connectivity index (χ2n) is 5.45. The monoisotopic (exact) mass is 335 g/mol. The Morgan fingerprint density at radius 1 is 1.30 bits per heavy atom. The van der Waals surface area contributed by atoms with Crippen molar-refractivity contribution >= 4 is 33.8 Å². The number of rotatable bonds is 7. The maximum Gasteiger partial charge on any atom is 0.189 e. The van der Waals surface area contributed by atoms with E-state index in [9.17, 15) is 4.79 Å². The molecule has 124 valence electrons. The van der Waals surface area contributed by atoms with E-state index in [-0.39, 0.29) is 17.5 Å². The first-order chi connectivity index (χ1) is 10.9. The van der Waals surface area contributed by atoms with Gasteiger partial charge in [-0.3, -0.25) is 4.79 Å². The lowest BCUT2D eigenvalue weighted by molar-refractivity contribution is 0.0972. The third-order valence-electron chi connectivity index (χ3n) is 3.14. The zero-order chi connectivity index (χ0) is 17.0. The number of carbonyl (C=O) groups is 1. The molecular weight excluding hydrogens is 314 g/mol. The van der Waals surface area contributed by atoms with Gasteiger partial charge in [0.05, 0.1) is 14.2 Å². The molecule has 3 N–H and O–H groups in total. The number of ketones is 1. The smallest absolute Gasteiger partial charge is 0.189 e. The number of ether oxygens (including phenoxy) is 2. The molecule has 0 aliphatic heterocycles. The Morgan fingerprint density at radius 3 is 2.61 bits per heavy atom. The summed E-state index contributed by atoms with van der Waals surface area (Å²) < 4.78 is 10.5. The van der Waals surface area contributed by atoms with E-state index in [1.807, 2.05) is 19.9 Å². The highest BCUT2D eigenvalue weighted by atomic mass is 32.1. The number of carbonyl (C=O) groups excluding carboxylic acids is 1. The number of nitrogens with zero attached hydrogens (tertiary/aromatic N) is 1. The van der Waals surface area contributed by atoms with Gasteiger partial charge < -0.3 is 20.5 Å². The molecular formula is C16H21N3O3S. The zero-order valence-corrected chi connectivity index (χ0v) is 14.5. The third kappa shape index (κ3) is 4.13. The lowest BCUT2D eigenvalue weighted by Crippen LogP contribution is -2.04. The molecule has 0 aliphatic rings. The van der Waals surface area contributed by atoms with Gasteiger partial charge in [-0.25, -0.2) is 4.98 Å². The highest BCUT2D eigenvalue weighted by Crippen LogP contribution is 2.33. The quantitative estimate of drug-likeness (QED) is 0.750. The Hall–Kier alpha value is -2.28. The fourth-order valence-corrected chi connectivity index (χ4v) is 2.94. The molecule has 1 aromatic carbocycles. The topological polar surface area (TPSA) is 86.5 Å². The van der Waals surface area contributed by atoms with E-state index in [4.69, 9.17) is 15.2 Å². The summed E-state index contributed by atoms with van der Waals surface area (Å²) in [6.07, 6.45) is 0.461. The predicted molar refractivity (Wildman–Crippen MR) is 93.1 cm³/mol. The summed E-state index contributed by atoms with van der Waals surface area (Å²) in [5, 5.41) is 3.71. The molecule has 6 nitrogen and oxygen atoms in total. The molecule has 0 fully saturated rings. The number of methoxy groups -OCH3 is 2. The van der Waals surface area contributed by atoms with Crippen LogP contribution in [0.4, 0.5) is 16.6 Å². The molecule has 1 heterocycles. The van der Waals surface area contributed by atoms with Crippen molar-refractivity contribution in [3.05, 3.63) is 23.1 Å². The van der Waals surface area contributed by atoms with Crippen LogP contribution in [0.5, 0.6) is 11.5 Å². The number of benzene rings is 1. The maximum atomic E-state index is 12.2. The van der Waals surface area contributed by atoms with Crippen LogP contribution in [-0.4, -0.2) is 25.0 Å². The van der Waals surface area contributed by atoms with Gasteiger partial charge >= 0.3 is 0 Å². The summed E-state index contributed by atoms with van der Waals surface area (Å²) in [7, 11) is 3.16. The first kappa shape index (κ1) is 17.1. The molecule has 0 saturated heterocycles. The summed E-state index contributed by atoms with van der Waals surface area (Å²) in [5.41, 5.74) is 6.64. The number of aromatic nitrogens is 1. The molecule has 23 heavy (non-hydrogen) atoms. The number of nitrogens with two attached hydrogens (primary N) is 1. The van der Waals surface area contributed by atoms with Crippen molar-refractivity contribution in [3.8, 4) is 11.5 Å². The van der Waals surface area contributed by atoms with Gasteiger partial charge in [0.15, 0.2) is 22.4 Å². The predicted octanol–water partition coefficient (Wildman–Crippen LogP) is 3.71. The Morgan fingerprint density at radius 2 is 2.00 bits per heavy atom. The van der Waals surface area contributed by atoms with Crippen LogP contribution in [0, 0.1) is 5.92 Å². The first-order valence-corrected chi connectivity index (χ1v) is 8.04. The molecule has 0 aliphatic carbocycles. The number of hydrogen-bond donors (Lipinski definition) is 2. The van der Waals surface area contributed by atoms with E-state index in [0.29, 0.717) is 27.9 Å². The number of nitrogen functional groups attached to an aromatic ring is 1. The van der Waals surface area contributed by atoms with Crippen molar-refractivity contribution in [3.63, 3.8) is 0 Å². The summed E-state index contributed by atoms with van der Waals surface area (Å²) in [6.45, 7) is 4.00. The van der Waals surface area contributed by atoms with Crippen molar-refractivity contribution in [2.24, 2.45) is 5.92 Å². The van der Waals surface area contributed by atoms with Crippen LogP contribution in [0.25, 0.3) is 0 Å². The van der Waals surface area contributed by atoms with Gasteiger partial charge in [0, 0.05) is 18.2 Å². The molecule has 2 aromatic rings. The normalized spacial score (nSPS) is 10.7. The van der Waals surface area contributed by atoms with E-state index in [1.165, 1.54) is 11.3 Å². The van der Waals surface area contributed by atoms with Crippen molar-refractivity contribution in [1.82, 2.24) is 4.98 Å². The van der Waals surface area contributed by atoms with Gasteiger partial charge in [0.2, 0.25) is 0 Å². The summed E-state index contributed by atoms with van der Waals surface area (Å²) in [4.78, 5) is 16.9. The highest BCUT2D eigenvalue weighted by molar-refractivity contribution is 7.18. The van der Waals surface area contributed by atoms with E-state index in [0.717, 1.165) is 5.69 Å². The molecule has 7 heteroatoms. The van der Waals surface area contributed by atoms with Crippen LogP contribution in [0.1, 0.15) is 29.9 Å². The SMILES string of the molecule is COc1ccc(Nc2nc(N)c(C(=O)CC(C)C)s2)cc1OC. The van der Waals surface area contributed by atoms with E-state index in [2.05, 4.69) is 10.3 Å². The van der Waals surface area contributed by atoms with Gasteiger partial charge in [-0.05, 0) is 18.1 Å². The third-order valence-corrected chi connectivity index (χ3v) is 4.16. The number of anilines is 3. The molecule has 2 rings (SSSR count). The molecule has 0 radical (unpaired) electrons. The Labute approximate surface area is 139 Å². The average molecular weight is 335 g/mol. The largest absolute Gasteiger partial charge is 0.493 e. The number of hydrogen-bond acceptors (Lipinski definition) is 7. The summed E-state index contributed by atoms with van der Waals surface area (Å²) in [5.74, 6) is 1.83. The molecule has 0 unspecified atom stereocenters. The fraction of sp³-hybridized carbons (Fsp3) is 0.375. The van der Waals surface area contributed by atoms with E-state index < -0.39 is 0 Å².